The molecular weight excluding hydrogens is 232 g/mol. The Morgan fingerprint density at radius 1 is 1.00 bits per heavy atom. The summed E-state index contributed by atoms with van der Waals surface area (Å²) in [5, 5.41) is 0. The molecule has 4 nitrogen and oxygen atoms in total. The Bertz CT molecular complexity index is 311. The minimum absolute atomic E-state index is 0.246. The van der Waals surface area contributed by atoms with Crippen LogP contribution in [0.5, 0.6) is 0 Å². The van der Waals surface area contributed by atoms with Gasteiger partial charge in [0.2, 0.25) is 0 Å². The molecule has 0 aliphatic rings. The Kier molecular flexibility index (Phi) is 7.86. The summed E-state index contributed by atoms with van der Waals surface area (Å²) in [7, 11) is 0. The second-order valence-electron chi connectivity index (χ2n) is 4.49. The zero-order valence-corrected chi connectivity index (χ0v) is 11.8. The molecule has 0 bridgehead atoms. The fourth-order valence-corrected chi connectivity index (χ4v) is 1.30. The SMILES string of the molecule is CC#CCCC(C(=O)OC(C)C)C(=O)OC(C)C. The highest BCUT2D eigenvalue weighted by atomic mass is 16.6. The summed E-state index contributed by atoms with van der Waals surface area (Å²) >= 11 is 0. The Balaban J connectivity index is 4.62. The molecule has 0 rings (SSSR count). The molecule has 102 valence electrons. The van der Waals surface area contributed by atoms with Crippen LogP contribution in [0.2, 0.25) is 0 Å². The van der Waals surface area contributed by atoms with Gasteiger partial charge in [0.25, 0.3) is 0 Å². The van der Waals surface area contributed by atoms with Crippen molar-refractivity contribution in [1.82, 2.24) is 0 Å². The third-order valence-electron chi connectivity index (χ3n) is 2.01. The molecule has 0 unspecified atom stereocenters. The van der Waals surface area contributed by atoms with Crippen LogP contribution in [0.1, 0.15) is 47.5 Å². The zero-order valence-electron chi connectivity index (χ0n) is 11.8. The van der Waals surface area contributed by atoms with Gasteiger partial charge in [0.05, 0.1) is 12.2 Å². The minimum Gasteiger partial charge on any atom is -0.462 e. The van der Waals surface area contributed by atoms with Crippen molar-refractivity contribution in [3.63, 3.8) is 0 Å². The summed E-state index contributed by atoms with van der Waals surface area (Å²) in [5.74, 6) is 3.61. The van der Waals surface area contributed by atoms with Crippen molar-refractivity contribution in [2.24, 2.45) is 5.92 Å². The first kappa shape index (κ1) is 16.5. The monoisotopic (exact) mass is 254 g/mol. The molecule has 0 amide bonds. The number of hydrogen-bond acceptors (Lipinski definition) is 4. The van der Waals surface area contributed by atoms with Crippen LogP contribution < -0.4 is 0 Å². The molecule has 0 spiro atoms. The van der Waals surface area contributed by atoms with E-state index in [-0.39, 0.29) is 12.2 Å². The summed E-state index contributed by atoms with van der Waals surface area (Å²) in [6, 6.07) is 0. The number of rotatable bonds is 6. The van der Waals surface area contributed by atoms with Gasteiger partial charge in [-0.1, -0.05) is 0 Å². The highest BCUT2D eigenvalue weighted by Crippen LogP contribution is 2.13. The van der Waals surface area contributed by atoms with Crippen LogP contribution >= 0.6 is 0 Å². The molecule has 0 heterocycles. The topological polar surface area (TPSA) is 52.6 Å². The summed E-state index contributed by atoms with van der Waals surface area (Å²) in [6.45, 7) is 8.69. The molecule has 0 aromatic rings. The van der Waals surface area contributed by atoms with Crippen molar-refractivity contribution in [2.45, 2.75) is 59.7 Å². The first-order valence-electron chi connectivity index (χ1n) is 6.19. The van der Waals surface area contributed by atoms with Gasteiger partial charge in [0, 0.05) is 6.42 Å². The predicted octanol–water partition coefficient (Wildman–Crippen LogP) is 2.31. The maximum Gasteiger partial charge on any atom is 0.320 e. The largest absolute Gasteiger partial charge is 0.462 e. The van der Waals surface area contributed by atoms with Crippen LogP contribution in [0.25, 0.3) is 0 Å². The highest BCUT2D eigenvalue weighted by Gasteiger charge is 2.30. The van der Waals surface area contributed by atoms with Gasteiger partial charge in [0.15, 0.2) is 5.92 Å². The van der Waals surface area contributed by atoms with Gasteiger partial charge in [-0.15, -0.1) is 11.8 Å². The fourth-order valence-electron chi connectivity index (χ4n) is 1.30. The normalized spacial score (nSPS) is 10.2. The van der Waals surface area contributed by atoms with E-state index in [4.69, 9.17) is 9.47 Å². The predicted molar refractivity (Wildman–Crippen MR) is 68.6 cm³/mol. The van der Waals surface area contributed by atoms with E-state index in [9.17, 15) is 9.59 Å². The van der Waals surface area contributed by atoms with E-state index in [2.05, 4.69) is 11.8 Å². The van der Waals surface area contributed by atoms with Crippen LogP contribution in [0.15, 0.2) is 0 Å². The van der Waals surface area contributed by atoms with Crippen LogP contribution in [-0.4, -0.2) is 24.1 Å². The molecule has 0 atom stereocenters. The summed E-state index contributed by atoms with van der Waals surface area (Å²) < 4.78 is 10.1. The van der Waals surface area contributed by atoms with E-state index < -0.39 is 17.9 Å². The lowest BCUT2D eigenvalue weighted by Crippen LogP contribution is -2.31. The Morgan fingerprint density at radius 2 is 1.44 bits per heavy atom. The maximum atomic E-state index is 11.8. The lowest BCUT2D eigenvalue weighted by molar-refractivity contribution is -0.166. The van der Waals surface area contributed by atoms with Gasteiger partial charge < -0.3 is 9.47 Å². The van der Waals surface area contributed by atoms with Crippen molar-refractivity contribution < 1.29 is 19.1 Å². The molecule has 0 aromatic heterocycles. The number of hydrogen-bond donors (Lipinski definition) is 0. The van der Waals surface area contributed by atoms with E-state index in [0.717, 1.165) is 0 Å². The Morgan fingerprint density at radius 3 is 1.78 bits per heavy atom. The third-order valence-corrected chi connectivity index (χ3v) is 2.01. The molecule has 0 N–H and O–H groups in total. The molecule has 18 heavy (non-hydrogen) atoms. The number of carbonyl (C=O) groups is 2. The highest BCUT2D eigenvalue weighted by molar-refractivity contribution is 5.95. The van der Waals surface area contributed by atoms with Gasteiger partial charge in [-0.2, -0.15) is 0 Å². The molecule has 0 aliphatic carbocycles. The number of ether oxygens (including phenoxy) is 2. The molecule has 0 fully saturated rings. The Hall–Kier alpha value is -1.50. The van der Waals surface area contributed by atoms with E-state index >= 15 is 0 Å². The average molecular weight is 254 g/mol. The van der Waals surface area contributed by atoms with Gasteiger partial charge in [-0.05, 0) is 41.0 Å². The number of esters is 2. The molecule has 0 saturated carbocycles. The van der Waals surface area contributed by atoms with Gasteiger partial charge in [0.1, 0.15) is 0 Å². The van der Waals surface area contributed by atoms with Gasteiger partial charge in [-0.25, -0.2) is 0 Å². The van der Waals surface area contributed by atoms with E-state index in [1.165, 1.54) is 0 Å². The molecule has 4 heteroatoms. The van der Waals surface area contributed by atoms with Crippen molar-refractivity contribution in [3.8, 4) is 11.8 Å². The quantitative estimate of drug-likeness (QED) is 0.414. The second kappa shape index (κ2) is 8.57. The van der Waals surface area contributed by atoms with Crippen molar-refractivity contribution in [3.05, 3.63) is 0 Å². The van der Waals surface area contributed by atoms with Crippen LogP contribution in [0.3, 0.4) is 0 Å². The van der Waals surface area contributed by atoms with Crippen LogP contribution in [-0.2, 0) is 19.1 Å². The van der Waals surface area contributed by atoms with Crippen molar-refractivity contribution >= 4 is 11.9 Å². The summed E-state index contributed by atoms with van der Waals surface area (Å²) in [6.07, 6.45) is 0.313. The van der Waals surface area contributed by atoms with Crippen molar-refractivity contribution in [2.75, 3.05) is 0 Å². The van der Waals surface area contributed by atoms with E-state index in [1.54, 1.807) is 34.6 Å². The van der Waals surface area contributed by atoms with Crippen LogP contribution in [0, 0.1) is 17.8 Å². The molecule has 0 saturated heterocycles. The zero-order chi connectivity index (χ0) is 14.1. The van der Waals surface area contributed by atoms with Gasteiger partial charge in [-0.3, -0.25) is 9.59 Å². The third kappa shape index (κ3) is 6.95. The number of carbonyl (C=O) groups excluding carboxylic acids is 2. The lowest BCUT2D eigenvalue weighted by Gasteiger charge is -2.17. The smallest absolute Gasteiger partial charge is 0.320 e. The minimum atomic E-state index is -0.879. The summed E-state index contributed by atoms with van der Waals surface area (Å²) in [5.41, 5.74) is 0. The van der Waals surface area contributed by atoms with Crippen LogP contribution in [0.4, 0.5) is 0 Å². The molecule has 0 radical (unpaired) electrons. The second-order valence-corrected chi connectivity index (χ2v) is 4.49. The lowest BCUT2D eigenvalue weighted by atomic mass is 10.0. The van der Waals surface area contributed by atoms with E-state index in [0.29, 0.717) is 12.8 Å². The standard InChI is InChI=1S/C14H22O4/c1-6-7-8-9-12(13(15)17-10(2)3)14(16)18-11(4)5/h10-12H,8-9H2,1-5H3. The first-order valence-corrected chi connectivity index (χ1v) is 6.19. The summed E-state index contributed by atoms with van der Waals surface area (Å²) in [4.78, 5) is 23.6. The molecule has 0 aliphatic heterocycles. The average Bonchev–Trinajstić information content (AvgIpc) is 2.21. The Labute approximate surface area is 109 Å². The first-order chi connectivity index (χ1) is 8.38. The van der Waals surface area contributed by atoms with E-state index in [1.807, 2.05) is 0 Å². The van der Waals surface area contributed by atoms with Gasteiger partial charge >= 0.3 is 11.9 Å². The van der Waals surface area contributed by atoms with Crippen molar-refractivity contribution in [1.29, 1.82) is 0 Å². The molecular formula is C14H22O4. The maximum absolute atomic E-state index is 11.8. The molecule has 0 aromatic carbocycles. The fraction of sp³-hybridized carbons (Fsp3) is 0.714.